The molecule has 0 spiro atoms. The smallest absolute Gasteiger partial charge is 0.356 e. The van der Waals surface area contributed by atoms with Crippen LogP contribution < -0.4 is 10.7 Å². The number of carbonyl (C=O) groups is 5. The number of H-pyrrole nitrogens is 1. The molecule has 206 valence electrons. The van der Waals surface area contributed by atoms with Crippen molar-refractivity contribution in [2.75, 3.05) is 12.4 Å². The topological polar surface area (TPSA) is 139 Å². The van der Waals surface area contributed by atoms with Gasteiger partial charge in [-0.2, -0.15) is 0 Å². The van der Waals surface area contributed by atoms with Gasteiger partial charge in [0.1, 0.15) is 5.69 Å². The number of ether oxygens (including phenoxy) is 1. The van der Waals surface area contributed by atoms with E-state index < -0.39 is 23.0 Å². The van der Waals surface area contributed by atoms with Gasteiger partial charge < -0.3 is 15.0 Å². The Bertz CT molecular complexity index is 1970. The van der Waals surface area contributed by atoms with E-state index in [2.05, 4.69) is 10.3 Å². The first kappa shape index (κ1) is 27.6. The molecule has 1 heterocycles. The van der Waals surface area contributed by atoms with Gasteiger partial charge in [0.15, 0.2) is 29.8 Å². The number of nitrogens with one attached hydrogen (secondary N) is 2. The summed E-state index contributed by atoms with van der Waals surface area (Å²) in [6.07, 6.45) is 1.15. The lowest BCUT2D eigenvalue weighted by atomic mass is 9.96. The molecule has 1 aromatic heterocycles. The van der Waals surface area contributed by atoms with E-state index in [9.17, 15) is 28.8 Å². The average molecular weight is 559 g/mol. The summed E-state index contributed by atoms with van der Waals surface area (Å²) >= 11 is 0. The van der Waals surface area contributed by atoms with Crippen molar-refractivity contribution in [2.24, 2.45) is 0 Å². The van der Waals surface area contributed by atoms with Crippen LogP contribution in [0.3, 0.4) is 0 Å². The molecule has 9 nitrogen and oxygen atoms in total. The Morgan fingerprint density at radius 3 is 1.81 bits per heavy atom. The van der Waals surface area contributed by atoms with E-state index in [-0.39, 0.29) is 61.4 Å². The predicted octanol–water partition coefficient (Wildman–Crippen LogP) is 5.15. The summed E-state index contributed by atoms with van der Waals surface area (Å²) in [5, 5.41) is 3.00. The van der Waals surface area contributed by atoms with Crippen LogP contribution in [0, 0.1) is 0 Å². The highest BCUT2D eigenvalue weighted by Crippen LogP contribution is 2.28. The van der Waals surface area contributed by atoms with Crippen LogP contribution >= 0.6 is 0 Å². The Kier molecular flexibility index (Phi) is 7.65. The second kappa shape index (κ2) is 11.6. The van der Waals surface area contributed by atoms with Gasteiger partial charge in [0.2, 0.25) is 5.43 Å². The molecule has 0 aliphatic carbocycles. The highest BCUT2D eigenvalue weighted by Gasteiger charge is 2.25. The number of para-hydroxylation sites is 2. The number of anilines is 2. The van der Waals surface area contributed by atoms with Crippen molar-refractivity contribution < 1.29 is 28.7 Å². The second-order valence-corrected chi connectivity index (χ2v) is 9.16. The SMILES string of the molecule is COC(=O)c1[nH]c2c(C(=O)c3ccccc3C=O)cccc2c(=O)c1Nc1ccccc1C(=O)c1ccccc1C=O. The molecular formula is C33H22N2O7. The standard InChI is InChI=1S/C33H22N2O7/c1-42-33(41)29-28(34-26-16-7-6-13-23(26)30(38)21-11-4-2-9-19(21)17-36)32(40)25-15-8-14-24(27(25)35-29)31(39)22-12-5-3-10-20(22)18-37/h2-18,34H,1H3,(H,35,40). The highest BCUT2D eigenvalue weighted by molar-refractivity contribution is 6.19. The summed E-state index contributed by atoms with van der Waals surface area (Å²) in [6, 6.07) is 23.4. The number of hydrogen-bond acceptors (Lipinski definition) is 8. The van der Waals surface area contributed by atoms with E-state index >= 15 is 0 Å². The fraction of sp³-hybridized carbons (Fsp3) is 0.0303. The molecule has 42 heavy (non-hydrogen) atoms. The Hall–Kier alpha value is -5.96. The molecule has 9 heteroatoms. The Balaban J connectivity index is 1.68. The number of ketones is 2. The van der Waals surface area contributed by atoms with E-state index in [1.54, 1.807) is 42.5 Å². The molecule has 0 saturated heterocycles. The van der Waals surface area contributed by atoms with E-state index in [1.165, 1.54) is 48.5 Å². The summed E-state index contributed by atoms with van der Waals surface area (Å²) < 4.78 is 4.93. The lowest BCUT2D eigenvalue weighted by Gasteiger charge is -2.16. The Morgan fingerprint density at radius 1 is 0.690 bits per heavy atom. The van der Waals surface area contributed by atoms with Gasteiger partial charge in [0, 0.05) is 44.5 Å². The van der Waals surface area contributed by atoms with E-state index in [0.717, 1.165) is 7.11 Å². The van der Waals surface area contributed by atoms with Gasteiger partial charge in [-0.3, -0.25) is 24.0 Å². The molecule has 5 aromatic rings. The summed E-state index contributed by atoms with van der Waals surface area (Å²) in [5.74, 6) is -1.90. The van der Waals surface area contributed by atoms with Gasteiger partial charge >= 0.3 is 5.97 Å². The molecule has 4 aromatic carbocycles. The number of aromatic nitrogens is 1. The van der Waals surface area contributed by atoms with Crippen LogP contribution in [0.2, 0.25) is 0 Å². The molecule has 0 bridgehead atoms. The first-order valence-electron chi connectivity index (χ1n) is 12.7. The number of aromatic amines is 1. The quantitative estimate of drug-likeness (QED) is 0.144. The van der Waals surface area contributed by atoms with Crippen molar-refractivity contribution in [1.82, 2.24) is 4.98 Å². The number of hydrogen-bond donors (Lipinski definition) is 2. The molecular weight excluding hydrogens is 536 g/mol. The summed E-state index contributed by atoms with van der Waals surface area (Å²) in [6.45, 7) is 0. The fourth-order valence-electron chi connectivity index (χ4n) is 4.70. The third-order valence-corrected chi connectivity index (χ3v) is 6.77. The number of fused-ring (bicyclic) bond motifs is 1. The number of rotatable bonds is 9. The van der Waals surface area contributed by atoms with Gasteiger partial charge in [-0.15, -0.1) is 0 Å². The minimum atomic E-state index is -0.901. The molecule has 5 rings (SSSR count). The molecule has 2 N–H and O–H groups in total. The van der Waals surface area contributed by atoms with E-state index in [4.69, 9.17) is 4.74 Å². The van der Waals surface area contributed by atoms with Gasteiger partial charge in [-0.25, -0.2) is 4.79 Å². The third kappa shape index (κ3) is 4.90. The minimum absolute atomic E-state index is 0.0663. The maximum Gasteiger partial charge on any atom is 0.356 e. The van der Waals surface area contributed by atoms with E-state index in [1.807, 2.05) is 0 Å². The number of methoxy groups -OCH3 is 1. The molecule has 0 atom stereocenters. The zero-order chi connectivity index (χ0) is 29.8. The van der Waals surface area contributed by atoms with Gasteiger partial charge in [0.25, 0.3) is 0 Å². The number of benzene rings is 4. The van der Waals surface area contributed by atoms with Crippen molar-refractivity contribution in [3.05, 3.63) is 140 Å². The van der Waals surface area contributed by atoms with Crippen LogP contribution in [-0.2, 0) is 4.74 Å². The number of aldehydes is 2. The van der Waals surface area contributed by atoms with Gasteiger partial charge in [-0.05, 0) is 24.3 Å². The van der Waals surface area contributed by atoms with Crippen LogP contribution in [0.15, 0.2) is 95.8 Å². The van der Waals surface area contributed by atoms with Gasteiger partial charge in [0.05, 0.1) is 12.6 Å². The second-order valence-electron chi connectivity index (χ2n) is 9.16. The normalized spacial score (nSPS) is 10.6. The van der Waals surface area contributed by atoms with Crippen molar-refractivity contribution >= 4 is 52.4 Å². The highest BCUT2D eigenvalue weighted by atomic mass is 16.5. The lowest BCUT2D eigenvalue weighted by molar-refractivity contribution is 0.0595. The molecule has 0 aliphatic rings. The minimum Gasteiger partial charge on any atom is -0.464 e. The largest absolute Gasteiger partial charge is 0.464 e. The maximum atomic E-state index is 13.9. The number of esters is 1. The summed E-state index contributed by atoms with van der Waals surface area (Å²) in [7, 11) is 1.14. The van der Waals surface area contributed by atoms with Crippen molar-refractivity contribution in [2.45, 2.75) is 0 Å². The maximum absolute atomic E-state index is 13.9. The number of pyridine rings is 1. The average Bonchev–Trinajstić information content (AvgIpc) is 3.04. The molecule has 0 fully saturated rings. The molecule has 0 saturated carbocycles. The Labute approximate surface area is 238 Å². The van der Waals surface area contributed by atoms with Crippen LogP contribution in [-0.4, -0.2) is 42.2 Å². The fourth-order valence-corrected chi connectivity index (χ4v) is 4.70. The van der Waals surface area contributed by atoms with Crippen molar-refractivity contribution in [3.8, 4) is 0 Å². The molecule has 0 aliphatic heterocycles. The van der Waals surface area contributed by atoms with E-state index in [0.29, 0.717) is 12.6 Å². The molecule has 0 amide bonds. The van der Waals surface area contributed by atoms with Crippen LogP contribution in [0.1, 0.15) is 63.0 Å². The monoisotopic (exact) mass is 558 g/mol. The van der Waals surface area contributed by atoms with Crippen molar-refractivity contribution in [3.63, 3.8) is 0 Å². The summed E-state index contributed by atoms with van der Waals surface area (Å²) in [4.78, 5) is 79.8. The zero-order valence-corrected chi connectivity index (χ0v) is 22.2. The van der Waals surface area contributed by atoms with Crippen LogP contribution in [0.4, 0.5) is 11.4 Å². The number of carbonyl (C=O) groups excluding carboxylic acids is 5. The third-order valence-electron chi connectivity index (χ3n) is 6.77. The zero-order valence-electron chi connectivity index (χ0n) is 22.2. The van der Waals surface area contributed by atoms with Gasteiger partial charge in [-0.1, -0.05) is 66.7 Å². The molecule has 0 radical (unpaired) electrons. The first-order chi connectivity index (χ1) is 20.4. The van der Waals surface area contributed by atoms with Crippen LogP contribution in [0.5, 0.6) is 0 Å². The van der Waals surface area contributed by atoms with Crippen LogP contribution in [0.25, 0.3) is 10.9 Å². The first-order valence-corrected chi connectivity index (χ1v) is 12.7. The Morgan fingerprint density at radius 2 is 1.21 bits per heavy atom. The predicted molar refractivity (Wildman–Crippen MR) is 156 cm³/mol. The van der Waals surface area contributed by atoms with Crippen molar-refractivity contribution in [1.29, 1.82) is 0 Å². The summed E-state index contributed by atoms with van der Waals surface area (Å²) in [5.41, 5.74) is 0.0209. The molecule has 0 unspecified atom stereocenters. The lowest BCUT2D eigenvalue weighted by Crippen LogP contribution is -2.20.